The number of hydrogen-bond donors (Lipinski definition) is 1. The highest BCUT2D eigenvalue weighted by Gasteiger charge is 2.27. The number of nitrogens with zero attached hydrogens (tertiary/aromatic N) is 4. The van der Waals surface area contributed by atoms with Gasteiger partial charge in [-0.2, -0.15) is 4.98 Å². The number of methoxy groups -OCH3 is 1. The normalized spacial score (nSPS) is 11.3. The second-order valence-electron chi connectivity index (χ2n) is 7.57. The summed E-state index contributed by atoms with van der Waals surface area (Å²) in [5, 5.41) is 0.562. The van der Waals surface area contributed by atoms with E-state index in [0.29, 0.717) is 16.2 Å². The van der Waals surface area contributed by atoms with Crippen LogP contribution in [-0.2, 0) is 43.8 Å². The van der Waals surface area contributed by atoms with Crippen LogP contribution in [0.4, 0.5) is 15.5 Å². The van der Waals surface area contributed by atoms with Crippen LogP contribution in [-0.4, -0.2) is 78.7 Å². The van der Waals surface area contributed by atoms with E-state index >= 15 is 0 Å². The van der Waals surface area contributed by atoms with Gasteiger partial charge in [-0.1, -0.05) is 11.8 Å². The lowest BCUT2D eigenvalue weighted by Gasteiger charge is -2.18. The Morgan fingerprint density at radius 2 is 1.61 bits per heavy atom. The van der Waals surface area contributed by atoms with Gasteiger partial charge in [0, 0.05) is 11.4 Å². The Hall–Kier alpha value is -3.63. The minimum atomic E-state index is -4.06. The summed E-state index contributed by atoms with van der Waals surface area (Å²) in [5.74, 6) is 0.787. The van der Waals surface area contributed by atoms with Crippen molar-refractivity contribution >= 4 is 48.8 Å². The molecule has 0 aliphatic heterocycles. The van der Waals surface area contributed by atoms with E-state index in [2.05, 4.69) is 33.9 Å². The molecule has 18 heteroatoms. The van der Waals surface area contributed by atoms with Crippen molar-refractivity contribution in [2.24, 2.45) is 0 Å². The lowest BCUT2D eigenvalue weighted by molar-refractivity contribution is -0.0246. The largest absolute Gasteiger partial charge is 0.510 e. The topological polar surface area (TPSA) is 195 Å². The Labute approximate surface area is 239 Å². The lowest BCUT2D eigenvalue weighted by Crippen LogP contribution is -2.15. The van der Waals surface area contributed by atoms with E-state index in [1.807, 2.05) is 24.3 Å². The third-order valence-corrected chi connectivity index (χ3v) is 7.31. The molecule has 0 saturated heterocycles. The molecule has 0 atom stereocenters. The van der Waals surface area contributed by atoms with Gasteiger partial charge < -0.3 is 38.7 Å². The van der Waals surface area contributed by atoms with Gasteiger partial charge in [-0.25, -0.2) is 19.6 Å². The molecule has 3 aromatic rings. The van der Waals surface area contributed by atoms with Crippen LogP contribution in [0.3, 0.4) is 0 Å². The zero-order valence-electron chi connectivity index (χ0n) is 22.5. The molecule has 0 aliphatic rings. The second-order valence-corrected chi connectivity index (χ2v) is 10.6. The first-order chi connectivity index (χ1) is 19.8. The van der Waals surface area contributed by atoms with Gasteiger partial charge in [0.25, 0.3) is 0 Å². The van der Waals surface area contributed by atoms with Crippen molar-refractivity contribution in [1.29, 1.82) is 0 Å². The smallest absolute Gasteiger partial charge is 0.497 e. The number of anilines is 1. The second kappa shape index (κ2) is 16.0. The van der Waals surface area contributed by atoms with Crippen molar-refractivity contribution in [3.05, 3.63) is 30.6 Å². The molecule has 0 saturated carbocycles. The average Bonchev–Trinajstić information content (AvgIpc) is 3.34. The molecule has 0 aliphatic carbocycles. The predicted octanol–water partition coefficient (Wildman–Crippen LogP) is 4.03. The molecule has 1 aromatic carbocycles. The van der Waals surface area contributed by atoms with Gasteiger partial charge in [0.2, 0.25) is 19.5 Å². The van der Waals surface area contributed by atoms with E-state index in [0.717, 1.165) is 10.6 Å². The highest BCUT2D eigenvalue weighted by molar-refractivity contribution is 7.99. The molecular weight excluding hydrogens is 585 g/mol. The summed E-state index contributed by atoms with van der Waals surface area (Å²) in [4.78, 5) is 36.7. The molecule has 0 fully saturated rings. The Bertz CT molecular complexity index is 1310. The van der Waals surface area contributed by atoms with Gasteiger partial charge in [0.05, 0.1) is 33.3 Å². The SMILES string of the molecule is CCOC(=O)OCOP(=O)(COCCn1cnc2c(Sc3ccc(OC)cc3)nc(N)nc21)OCOC(=O)OCC. The number of ether oxygens (including phenoxy) is 6. The molecule has 0 amide bonds. The van der Waals surface area contributed by atoms with Crippen LogP contribution in [0.25, 0.3) is 11.2 Å². The summed E-state index contributed by atoms with van der Waals surface area (Å²) in [6.07, 6.45) is -1.07. The molecule has 2 heterocycles. The number of imidazole rings is 1. The number of benzene rings is 1. The van der Waals surface area contributed by atoms with Gasteiger partial charge in [0.15, 0.2) is 5.65 Å². The Kier molecular flexibility index (Phi) is 12.4. The maximum Gasteiger partial charge on any atom is 0.510 e. The van der Waals surface area contributed by atoms with Crippen molar-refractivity contribution in [1.82, 2.24) is 19.5 Å². The molecule has 2 N–H and O–H groups in total. The number of fused-ring (bicyclic) bond motifs is 1. The van der Waals surface area contributed by atoms with Crippen LogP contribution in [0, 0.1) is 0 Å². The van der Waals surface area contributed by atoms with Gasteiger partial charge in [-0.3, -0.25) is 13.6 Å². The van der Waals surface area contributed by atoms with Crippen LogP contribution in [0.2, 0.25) is 0 Å². The van der Waals surface area contributed by atoms with Crippen LogP contribution in [0.15, 0.2) is 40.5 Å². The number of nitrogens with two attached hydrogens (primary N) is 1. The molecule has 16 nitrogen and oxygen atoms in total. The zero-order chi connectivity index (χ0) is 29.7. The van der Waals surface area contributed by atoms with E-state index in [-0.39, 0.29) is 32.3 Å². The van der Waals surface area contributed by atoms with Gasteiger partial charge in [0.1, 0.15) is 22.6 Å². The molecule has 3 rings (SSSR count). The van der Waals surface area contributed by atoms with Crippen LogP contribution in [0.5, 0.6) is 5.75 Å². The predicted molar refractivity (Wildman–Crippen MR) is 143 cm³/mol. The van der Waals surface area contributed by atoms with E-state index < -0.39 is 39.8 Å². The fraction of sp³-hybridized carbons (Fsp3) is 0.435. The van der Waals surface area contributed by atoms with Crippen LogP contribution < -0.4 is 10.5 Å². The maximum absolute atomic E-state index is 13.1. The fourth-order valence-electron chi connectivity index (χ4n) is 3.00. The summed E-state index contributed by atoms with van der Waals surface area (Å²) >= 11 is 1.37. The van der Waals surface area contributed by atoms with Crippen molar-refractivity contribution in [3.8, 4) is 5.75 Å². The van der Waals surface area contributed by atoms with Crippen molar-refractivity contribution < 1.29 is 51.6 Å². The van der Waals surface area contributed by atoms with E-state index in [1.54, 1.807) is 31.9 Å². The monoisotopic (exact) mass is 615 g/mol. The minimum absolute atomic E-state index is 0.0184. The lowest BCUT2D eigenvalue weighted by atomic mass is 10.3. The molecule has 0 bridgehead atoms. The van der Waals surface area contributed by atoms with E-state index in [9.17, 15) is 14.2 Å². The Morgan fingerprint density at radius 1 is 0.976 bits per heavy atom. The number of aromatic nitrogens is 4. The summed E-state index contributed by atoms with van der Waals surface area (Å²) in [7, 11) is -2.46. The quantitative estimate of drug-likeness (QED) is 0.0796. The van der Waals surface area contributed by atoms with Gasteiger partial charge >= 0.3 is 19.9 Å². The van der Waals surface area contributed by atoms with Crippen LogP contribution in [0.1, 0.15) is 13.8 Å². The Morgan fingerprint density at radius 3 is 2.20 bits per heavy atom. The van der Waals surface area contributed by atoms with Crippen molar-refractivity contribution in [3.63, 3.8) is 0 Å². The summed E-state index contributed by atoms with van der Waals surface area (Å²) < 4.78 is 54.2. The third-order valence-electron chi connectivity index (χ3n) is 4.83. The fourth-order valence-corrected chi connectivity index (χ4v) is 4.88. The number of hydrogen-bond acceptors (Lipinski definition) is 16. The maximum atomic E-state index is 13.1. The first-order valence-electron chi connectivity index (χ1n) is 12.1. The molecular formula is C23H30N5O11PS. The Balaban J connectivity index is 1.60. The summed E-state index contributed by atoms with van der Waals surface area (Å²) in [6, 6.07) is 7.43. The minimum Gasteiger partial charge on any atom is -0.497 e. The average molecular weight is 616 g/mol. The van der Waals surface area contributed by atoms with E-state index in [4.69, 9.17) is 24.3 Å². The van der Waals surface area contributed by atoms with Crippen molar-refractivity contribution in [2.45, 2.75) is 30.3 Å². The van der Waals surface area contributed by atoms with Gasteiger partial charge in [-0.05, 0) is 38.1 Å². The van der Waals surface area contributed by atoms with Crippen molar-refractivity contribution in [2.75, 3.05) is 52.6 Å². The number of carbonyl (C=O) groups excluding carboxylic acids is 2. The molecule has 2 aromatic heterocycles. The number of nitrogen functional groups attached to an aromatic ring is 1. The molecule has 0 radical (unpaired) electrons. The third kappa shape index (κ3) is 10.1. The van der Waals surface area contributed by atoms with Gasteiger partial charge in [-0.15, -0.1) is 0 Å². The number of rotatable bonds is 16. The summed E-state index contributed by atoms with van der Waals surface area (Å²) in [5.41, 5.74) is 6.95. The molecule has 0 unspecified atom stereocenters. The van der Waals surface area contributed by atoms with E-state index in [1.165, 1.54) is 11.8 Å². The number of carbonyl (C=O) groups is 2. The van der Waals surface area contributed by atoms with Crippen LogP contribution >= 0.6 is 19.4 Å². The first-order valence-corrected chi connectivity index (χ1v) is 14.7. The standard InChI is InChI=1S/C23H30N5O11PS/c1-4-34-22(29)36-13-38-40(31,39-14-37-23(30)35-5-2)15-33-11-10-28-12-25-18-19(28)26-21(24)27-20(18)41-17-8-6-16(32-3)7-9-17/h6-9,12H,4-5,10-11,13-15H2,1-3H3,(H2,24,26,27). The highest BCUT2D eigenvalue weighted by atomic mass is 32.2. The molecule has 41 heavy (non-hydrogen) atoms. The first kappa shape index (κ1) is 31.9. The summed E-state index contributed by atoms with van der Waals surface area (Å²) in [6.45, 7) is 2.06. The highest BCUT2D eigenvalue weighted by Crippen LogP contribution is 2.48. The molecule has 0 spiro atoms. The zero-order valence-corrected chi connectivity index (χ0v) is 24.3. The molecule has 224 valence electrons.